The molecule has 2 aliphatic heterocycles. The summed E-state index contributed by atoms with van der Waals surface area (Å²) in [5, 5.41) is 28.0. The van der Waals surface area contributed by atoms with Crippen LogP contribution in [0.3, 0.4) is 0 Å². The average Bonchev–Trinajstić information content (AvgIpc) is 3.55. The summed E-state index contributed by atoms with van der Waals surface area (Å²) >= 11 is 3.08. The third-order valence-electron chi connectivity index (χ3n) is 5.08. The van der Waals surface area contributed by atoms with Crippen molar-refractivity contribution in [3.8, 4) is 43.9 Å². The molecule has 0 bridgehead atoms. The van der Waals surface area contributed by atoms with Gasteiger partial charge in [0.1, 0.15) is 48.6 Å². The molecule has 5 heterocycles. The molecule has 0 saturated carbocycles. The van der Waals surface area contributed by atoms with Crippen LogP contribution in [0, 0.1) is 20.2 Å². The minimum absolute atomic E-state index is 0.0152. The summed E-state index contributed by atoms with van der Waals surface area (Å²) in [7, 11) is 0. The van der Waals surface area contributed by atoms with E-state index in [1.165, 1.54) is 0 Å². The average molecular weight is 506 g/mol. The topological polar surface area (TPSA) is 149 Å². The summed E-state index contributed by atoms with van der Waals surface area (Å²) in [5.41, 5.74) is -1.06. The fourth-order valence-corrected chi connectivity index (χ4v) is 6.35. The van der Waals surface area contributed by atoms with Crippen LogP contribution in [0.4, 0.5) is 11.4 Å². The molecule has 12 nitrogen and oxygen atoms in total. The molecule has 0 fully saturated rings. The van der Waals surface area contributed by atoms with Crippen molar-refractivity contribution < 1.29 is 28.8 Å². The van der Waals surface area contributed by atoms with Gasteiger partial charge in [0.25, 0.3) is 0 Å². The Morgan fingerprint density at radius 1 is 0.727 bits per heavy atom. The molecule has 33 heavy (non-hydrogen) atoms. The van der Waals surface area contributed by atoms with Gasteiger partial charge in [-0.15, -0.1) is 22.7 Å². The Bertz CT molecular complexity index is 1350. The van der Waals surface area contributed by atoms with Gasteiger partial charge < -0.3 is 18.9 Å². The van der Waals surface area contributed by atoms with E-state index in [4.69, 9.17) is 18.9 Å². The highest BCUT2D eigenvalue weighted by Crippen LogP contribution is 2.58. The molecular formula is C18H10N4O8S3. The van der Waals surface area contributed by atoms with E-state index >= 15 is 0 Å². The quantitative estimate of drug-likeness (QED) is 0.286. The molecule has 4 aromatic rings. The zero-order valence-corrected chi connectivity index (χ0v) is 18.7. The molecule has 2 aliphatic rings. The monoisotopic (exact) mass is 506 g/mol. The Hall–Kier alpha value is -3.56. The van der Waals surface area contributed by atoms with Crippen molar-refractivity contribution >= 4 is 56.8 Å². The van der Waals surface area contributed by atoms with Gasteiger partial charge in [-0.2, -0.15) is 8.75 Å². The van der Waals surface area contributed by atoms with Crippen LogP contribution in [-0.4, -0.2) is 45.0 Å². The summed E-state index contributed by atoms with van der Waals surface area (Å²) in [6, 6.07) is 0. The zero-order chi connectivity index (χ0) is 22.7. The number of aromatic nitrogens is 2. The molecule has 0 aliphatic carbocycles. The lowest BCUT2D eigenvalue weighted by molar-refractivity contribution is -0.421. The van der Waals surface area contributed by atoms with E-state index < -0.39 is 21.2 Å². The standard InChI is InChI=1S/C18H10N4O8S3/c23-21(24)13-9(17-15-7(5-31-17)27-1-3-29-15)11-12(20-33-19-11)10(14(13)22(25)26)18-16-8(6-32-18)28-2-4-30-16/h5-6H,1-4H2. The maximum absolute atomic E-state index is 12.3. The van der Waals surface area contributed by atoms with Crippen LogP contribution in [0.5, 0.6) is 23.0 Å². The summed E-state index contributed by atoms with van der Waals surface area (Å²) in [4.78, 5) is 23.8. The highest BCUT2D eigenvalue weighted by atomic mass is 32.1. The fraction of sp³-hybridized carbons (Fsp3) is 0.222. The molecule has 15 heteroatoms. The lowest BCUT2D eigenvalue weighted by Gasteiger charge is -2.17. The van der Waals surface area contributed by atoms with Crippen LogP contribution in [-0.2, 0) is 0 Å². The van der Waals surface area contributed by atoms with Crippen molar-refractivity contribution in [2.24, 2.45) is 0 Å². The normalized spacial score (nSPS) is 14.4. The van der Waals surface area contributed by atoms with Gasteiger partial charge in [0, 0.05) is 10.8 Å². The second kappa shape index (κ2) is 7.50. The van der Waals surface area contributed by atoms with Gasteiger partial charge in [0.2, 0.25) is 0 Å². The second-order valence-electron chi connectivity index (χ2n) is 6.83. The van der Waals surface area contributed by atoms with Crippen molar-refractivity contribution in [1.82, 2.24) is 8.75 Å². The summed E-state index contributed by atoms with van der Waals surface area (Å²) in [6.45, 7) is 1.18. The molecule has 0 spiro atoms. The smallest absolute Gasteiger partial charge is 0.357 e. The Morgan fingerprint density at radius 3 is 1.58 bits per heavy atom. The van der Waals surface area contributed by atoms with Crippen molar-refractivity contribution in [3.63, 3.8) is 0 Å². The number of rotatable bonds is 4. The van der Waals surface area contributed by atoms with Crippen molar-refractivity contribution in [3.05, 3.63) is 31.0 Å². The first-order chi connectivity index (χ1) is 16.1. The minimum Gasteiger partial charge on any atom is -0.485 e. The number of hydrogen-bond acceptors (Lipinski definition) is 13. The van der Waals surface area contributed by atoms with Crippen LogP contribution in [0.25, 0.3) is 31.9 Å². The molecule has 0 saturated heterocycles. The lowest BCUT2D eigenvalue weighted by atomic mass is 9.99. The summed E-state index contributed by atoms with van der Waals surface area (Å²) in [6.07, 6.45) is 0. The van der Waals surface area contributed by atoms with E-state index in [1.54, 1.807) is 10.8 Å². The van der Waals surface area contributed by atoms with Crippen molar-refractivity contribution in [1.29, 1.82) is 0 Å². The van der Waals surface area contributed by atoms with Crippen molar-refractivity contribution in [2.45, 2.75) is 0 Å². The van der Waals surface area contributed by atoms with Crippen LogP contribution in [0.15, 0.2) is 10.8 Å². The Morgan fingerprint density at radius 2 is 1.15 bits per heavy atom. The number of benzene rings is 1. The second-order valence-corrected chi connectivity index (χ2v) is 9.12. The van der Waals surface area contributed by atoms with Gasteiger partial charge in [-0.25, -0.2) is 0 Å². The van der Waals surface area contributed by atoms with E-state index in [0.717, 1.165) is 34.4 Å². The zero-order valence-electron chi connectivity index (χ0n) is 16.3. The van der Waals surface area contributed by atoms with Crippen LogP contribution in [0.1, 0.15) is 0 Å². The van der Waals surface area contributed by atoms with E-state index in [2.05, 4.69) is 8.75 Å². The predicted octanol–water partition coefficient (Wildman–Crippen LogP) is 4.51. The van der Waals surface area contributed by atoms with E-state index in [-0.39, 0.29) is 35.4 Å². The van der Waals surface area contributed by atoms with Gasteiger partial charge in [-0.05, 0) is 0 Å². The molecular weight excluding hydrogens is 496 g/mol. The lowest BCUT2D eigenvalue weighted by Crippen LogP contribution is -2.14. The Balaban J connectivity index is 1.74. The van der Waals surface area contributed by atoms with Crippen LogP contribution >= 0.6 is 34.4 Å². The largest absolute Gasteiger partial charge is 0.485 e. The van der Waals surface area contributed by atoms with Gasteiger partial charge in [-0.3, -0.25) is 20.2 Å². The van der Waals surface area contributed by atoms with E-state index in [0.29, 0.717) is 46.0 Å². The molecule has 0 unspecified atom stereocenters. The molecule has 0 radical (unpaired) electrons. The first-order valence-corrected chi connectivity index (χ1v) is 11.9. The number of hydrogen-bond donors (Lipinski definition) is 0. The number of nitro groups is 2. The number of nitro benzene ring substituents is 2. The highest BCUT2D eigenvalue weighted by molar-refractivity contribution is 7.15. The maximum atomic E-state index is 12.3. The van der Waals surface area contributed by atoms with Gasteiger partial charge in [0.05, 0.1) is 31.3 Å². The van der Waals surface area contributed by atoms with E-state index in [9.17, 15) is 20.2 Å². The number of fused-ring (bicyclic) bond motifs is 3. The van der Waals surface area contributed by atoms with Gasteiger partial charge >= 0.3 is 11.4 Å². The molecule has 6 rings (SSSR count). The van der Waals surface area contributed by atoms with Gasteiger partial charge in [0.15, 0.2) is 23.0 Å². The summed E-state index contributed by atoms with van der Waals surface area (Å²) < 4.78 is 31.1. The van der Waals surface area contributed by atoms with Crippen molar-refractivity contribution in [2.75, 3.05) is 26.4 Å². The molecule has 0 N–H and O–H groups in total. The third kappa shape index (κ3) is 2.93. The first kappa shape index (κ1) is 20.1. The molecule has 168 valence electrons. The number of nitrogens with zero attached hydrogens (tertiary/aromatic N) is 4. The van der Waals surface area contributed by atoms with Crippen LogP contribution < -0.4 is 18.9 Å². The SMILES string of the molecule is O=[N+]([O-])c1c([N+](=O)[O-])c(-c2scc3c2OCCO3)c2nsnc2c1-c1scc2c1OCCO2. The first-order valence-electron chi connectivity index (χ1n) is 9.42. The molecule has 1 aromatic carbocycles. The number of ether oxygens (including phenoxy) is 4. The van der Waals surface area contributed by atoms with Crippen LogP contribution in [0.2, 0.25) is 0 Å². The molecule has 0 atom stereocenters. The third-order valence-corrected chi connectivity index (χ3v) is 7.52. The highest BCUT2D eigenvalue weighted by Gasteiger charge is 2.42. The summed E-state index contributed by atoms with van der Waals surface area (Å²) in [5.74, 6) is 1.46. The Labute approximate surface area is 195 Å². The number of thiophene rings is 2. The van der Waals surface area contributed by atoms with E-state index in [1.807, 2.05) is 0 Å². The Kier molecular flexibility index (Phi) is 4.56. The molecule has 3 aromatic heterocycles. The molecule has 0 amide bonds. The fourth-order valence-electron chi connectivity index (χ4n) is 3.83. The minimum atomic E-state index is -0.761. The predicted molar refractivity (Wildman–Crippen MR) is 119 cm³/mol. The van der Waals surface area contributed by atoms with Gasteiger partial charge in [-0.1, -0.05) is 0 Å². The maximum Gasteiger partial charge on any atom is 0.357 e.